The molecule has 0 spiro atoms. The SMILES string of the molecule is C/C=C\c1ccccc1Oc1cc(C)c(C(c2cc(C(C)(C)C)c(Oc3ccccc3/C=C\C)cc2C)C(C)C)cc1C(C)(C)C. The van der Waals surface area contributed by atoms with Crippen LogP contribution in [0.5, 0.6) is 23.0 Å². The monoisotopic (exact) mass is 614 g/mol. The summed E-state index contributed by atoms with van der Waals surface area (Å²) in [6, 6.07) is 25.9. The third kappa shape index (κ3) is 7.84. The average molecular weight is 615 g/mol. The Kier molecular flexibility index (Phi) is 10.7. The molecule has 0 heterocycles. The van der Waals surface area contributed by atoms with Crippen molar-refractivity contribution in [1.29, 1.82) is 0 Å². The van der Waals surface area contributed by atoms with E-state index in [0.717, 1.165) is 34.1 Å². The molecule has 0 aliphatic heterocycles. The first kappa shape index (κ1) is 34.8. The minimum Gasteiger partial charge on any atom is -0.456 e. The Hall–Kier alpha value is -4.04. The van der Waals surface area contributed by atoms with Crippen LogP contribution in [0.25, 0.3) is 12.2 Å². The van der Waals surface area contributed by atoms with Gasteiger partial charge in [0.15, 0.2) is 0 Å². The normalized spacial score (nSPS) is 12.6. The van der Waals surface area contributed by atoms with Crippen LogP contribution in [0.1, 0.15) is 120 Å². The molecule has 0 bridgehead atoms. The van der Waals surface area contributed by atoms with Crippen molar-refractivity contribution in [3.8, 4) is 23.0 Å². The number of hydrogen-bond donors (Lipinski definition) is 0. The minimum absolute atomic E-state index is 0.113. The first-order chi connectivity index (χ1) is 21.6. The maximum absolute atomic E-state index is 6.72. The highest BCUT2D eigenvalue weighted by molar-refractivity contribution is 5.61. The number of hydrogen-bond acceptors (Lipinski definition) is 2. The van der Waals surface area contributed by atoms with Gasteiger partial charge in [0, 0.05) is 28.2 Å². The van der Waals surface area contributed by atoms with Gasteiger partial charge in [-0.3, -0.25) is 0 Å². The third-order valence-corrected chi connectivity index (χ3v) is 8.66. The van der Waals surface area contributed by atoms with Crippen molar-refractivity contribution < 1.29 is 9.47 Å². The van der Waals surface area contributed by atoms with Gasteiger partial charge in [-0.2, -0.15) is 0 Å². The Bertz CT molecular complexity index is 1600. The van der Waals surface area contributed by atoms with Crippen LogP contribution in [0.2, 0.25) is 0 Å². The lowest BCUT2D eigenvalue weighted by Gasteiger charge is -2.32. The molecule has 4 rings (SSSR count). The highest BCUT2D eigenvalue weighted by atomic mass is 16.5. The summed E-state index contributed by atoms with van der Waals surface area (Å²) in [7, 11) is 0. The summed E-state index contributed by atoms with van der Waals surface area (Å²) in [6.07, 6.45) is 8.31. The van der Waals surface area contributed by atoms with Gasteiger partial charge in [0.1, 0.15) is 23.0 Å². The van der Waals surface area contributed by atoms with Crippen molar-refractivity contribution >= 4 is 12.2 Å². The highest BCUT2D eigenvalue weighted by Gasteiger charge is 2.30. The summed E-state index contributed by atoms with van der Waals surface area (Å²) in [6.45, 7) is 26.9. The van der Waals surface area contributed by atoms with Crippen molar-refractivity contribution in [2.75, 3.05) is 0 Å². The molecule has 0 fully saturated rings. The Balaban J connectivity index is 1.88. The largest absolute Gasteiger partial charge is 0.456 e. The van der Waals surface area contributed by atoms with Crippen LogP contribution in [-0.2, 0) is 10.8 Å². The van der Waals surface area contributed by atoms with Crippen LogP contribution < -0.4 is 9.47 Å². The standard InChI is InChI=1S/C44H54O2/c1-13-19-32-21-15-17-23-38(32)45-40-25-30(5)34(27-36(40)43(7,8)9)42(29(3)4)35-28-37(44(10,11)12)41(26-31(35)6)46-39-24-18-16-22-33(39)20-14-2/h13-29,42H,1-12H3/b19-13-,20-14-. The fourth-order valence-electron chi connectivity index (χ4n) is 6.31. The lowest BCUT2D eigenvalue weighted by Crippen LogP contribution is -2.19. The van der Waals surface area contributed by atoms with E-state index in [1.807, 2.05) is 26.0 Å². The van der Waals surface area contributed by atoms with E-state index in [9.17, 15) is 0 Å². The topological polar surface area (TPSA) is 18.5 Å². The Morgan fingerprint density at radius 3 is 1.24 bits per heavy atom. The molecule has 2 heteroatoms. The molecule has 0 radical (unpaired) electrons. The van der Waals surface area contributed by atoms with Gasteiger partial charge in [0.25, 0.3) is 0 Å². The zero-order valence-electron chi connectivity index (χ0n) is 30.2. The maximum atomic E-state index is 6.72. The van der Waals surface area contributed by atoms with Crippen LogP contribution in [-0.4, -0.2) is 0 Å². The second-order valence-electron chi connectivity index (χ2n) is 14.9. The summed E-state index contributed by atoms with van der Waals surface area (Å²) in [5.41, 5.74) is 9.53. The average Bonchev–Trinajstić information content (AvgIpc) is 2.96. The summed E-state index contributed by atoms with van der Waals surface area (Å²) >= 11 is 0. The number of benzene rings is 4. The minimum atomic E-state index is -0.113. The first-order valence-corrected chi connectivity index (χ1v) is 16.7. The maximum Gasteiger partial charge on any atom is 0.134 e. The number of allylic oxidation sites excluding steroid dienone is 2. The van der Waals surface area contributed by atoms with E-state index in [-0.39, 0.29) is 16.7 Å². The number of rotatable bonds is 9. The number of ether oxygens (including phenoxy) is 2. The van der Waals surface area contributed by atoms with E-state index in [1.165, 1.54) is 33.4 Å². The summed E-state index contributed by atoms with van der Waals surface area (Å²) in [4.78, 5) is 0. The molecule has 0 saturated carbocycles. The van der Waals surface area contributed by atoms with Gasteiger partial charge in [0.2, 0.25) is 0 Å². The van der Waals surface area contributed by atoms with Gasteiger partial charge in [0.05, 0.1) is 0 Å². The summed E-state index contributed by atoms with van der Waals surface area (Å²) < 4.78 is 13.4. The fraction of sp³-hybridized carbons (Fsp3) is 0.364. The molecule has 4 aromatic rings. The van der Waals surface area contributed by atoms with Gasteiger partial charge in [-0.15, -0.1) is 0 Å². The molecule has 0 amide bonds. The van der Waals surface area contributed by atoms with Crippen molar-refractivity contribution in [3.05, 3.63) is 129 Å². The van der Waals surface area contributed by atoms with Gasteiger partial charge in [-0.1, -0.05) is 128 Å². The lowest BCUT2D eigenvalue weighted by molar-refractivity contribution is 0.450. The van der Waals surface area contributed by atoms with E-state index >= 15 is 0 Å². The van der Waals surface area contributed by atoms with Crippen LogP contribution in [0.4, 0.5) is 0 Å². The zero-order valence-corrected chi connectivity index (χ0v) is 30.2. The lowest BCUT2D eigenvalue weighted by atomic mass is 9.74. The molecule has 242 valence electrons. The molecule has 0 unspecified atom stereocenters. The first-order valence-electron chi connectivity index (χ1n) is 16.7. The summed E-state index contributed by atoms with van der Waals surface area (Å²) in [5, 5.41) is 0. The zero-order chi connectivity index (χ0) is 33.8. The molecule has 0 aliphatic carbocycles. The van der Waals surface area contributed by atoms with Crippen molar-refractivity contribution in [2.24, 2.45) is 5.92 Å². The second-order valence-corrected chi connectivity index (χ2v) is 14.9. The predicted molar refractivity (Wildman–Crippen MR) is 199 cm³/mol. The molecule has 4 aromatic carbocycles. The van der Waals surface area contributed by atoms with E-state index in [1.54, 1.807) is 0 Å². The van der Waals surface area contributed by atoms with Crippen LogP contribution in [0.3, 0.4) is 0 Å². The van der Waals surface area contributed by atoms with Crippen LogP contribution in [0.15, 0.2) is 84.9 Å². The van der Waals surface area contributed by atoms with E-state index in [0.29, 0.717) is 5.92 Å². The van der Waals surface area contributed by atoms with Crippen LogP contribution in [0, 0.1) is 19.8 Å². The Labute approximate surface area is 279 Å². The van der Waals surface area contributed by atoms with Crippen molar-refractivity contribution in [1.82, 2.24) is 0 Å². The van der Waals surface area contributed by atoms with Crippen molar-refractivity contribution in [3.63, 3.8) is 0 Å². The van der Waals surface area contributed by atoms with E-state index in [4.69, 9.17) is 9.47 Å². The van der Waals surface area contributed by atoms with Gasteiger partial charge < -0.3 is 9.47 Å². The predicted octanol–water partition coefficient (Wildman–Crippen LogP) is 13.3. The molecule has 2 nitrogen and oxygen atoms in total. The quantitative estimate of drug-likeness (QED) is 0.187. The third-order valence-electron chi connectivity index (χ3n) is 8.66. The van der Waals surface area contributed by atoms with Gasteiger partial charge >= 0.3 is 0 Å². The molecular formula is C44H54O2. The molecule has 0 atom stereocenters. The molecule has 0 N–H and O–H groups in total. The highest BCUT2D eigenvalue weighted by Crippen LogP contribution is 2.45. The van der Waals surface area contributed by atoms with Crippen LogP contribution >= 0.6 is 0 Å². The second kappa shape index (κ2) is 14.2. The van der Waals surface area contributed by atoms with E-state index < -0.39 is 0 Å². The molecule has 0 aliphatic rings. The fourth-order valence-corrected chi connectivity index (χ4v) is 6.31. The molecule has 46 heavy (non-hydrogen) atoms. The number of aryl methyl sites for hydroxylation is 2. The molecular weight excluding hydrogens is 560 g/mol. The molecule has 0 saturated heterocycles. The van der Waals surface area contributed by atoms with Gasteiger partial charge in [-0.05, 0) is 91.0 Å². The number of para-hydroxylation sites is 2. The summed E-state index contributed by atoms with van der Waals surface area (Å²) in [5.74, 6) is 4.16. The Morgan fingerprint density at radius 2 is 0.913 bits per heavy atom. The molecule has 0 aromatic heterocycles. The Morgan fingerprint density at radius 1 is 0.543 bits per heavy atom. The van der Waals surface area contributed by atoms with Crippen molar-refractivity contribution in [2.45, 2.75) is 99.8 Å². The van der Waals surface area contributed by atoms with E-state index in [2.05, 4.69) is 154 Å². The smallest absolute Gasteiger partial charge is 0.134 e. The van der Waals surface area contributed by atoms with Gasteiger partial charge in [-0.25, -0.2) is 0 Å².